The lowest BCUT2D eigenvalue weighted by Gasteiger charge is -2.52. The van der Waals surface area contributed by atoms with Gasteiger partial charge in [-0.1, -0.05) is 61.3 Å². The number of carbonyl (C=O) groups is 2. The first-order chi connectivity index (χ1) is 19.4. The lowest BCUT2D eigenvalue weighted by Crippen LogP contribution is -2.58. The van der Waals surface area contributed by atoms with Crippen LogP contribution in [0.15, 0.2) is 48.5 Å². The molecule has 0 aromatic heterocycles. The van der Waals surface area contributed by atoms with E-state index < -0.39 is 27.5 Å². The zero-order valence-corrected chi connectivity index (χ0v) is 26.1. The molecular weight excluding hydrogens is 585 g/mol. The summed E-state index contributed by atoms with van der Waals surface area (Å²) in [5.41, 5.74) is 0.702. The fourth-order valence-corrected chi connectivity index (χ4v) is 7.94. The normalized spacial score (nSPS) is 24.0. The van der Waals surface area contributed by atoms with Gasteiger partial charge in [-0.3, -0.25) is 9.59 Å². The molecule has 0 bridgehead atoms. The van der Waals surface area contributed by atoms with Crippen LogP contribution in [0.25, 0.3) is 0 Å². The minimum absolute atomic E-state index is 0.0701. The van der Waals surface area contributed by atoms with Gasteiger partial charge in [0.2, 0.25) is 21.8 Å². The van der Waals surface area contributed by atoms with Gasteiger partial charge < -0.3 is 15.3 Å². The molecule has 0 radical (unpaired) electrons. The maximum Gasteiger partial charge on any atom is 0.229 e. The van der Waals surface area contributed by atoms with Crippen LogP contribution in [0.4, 0.5) is 0 Å². The first kappa shape index (κ1) is 31.8. The number of benzene rings is 2. The Morgan fingerprint density at radius 2 is 1.83 bits per heavy atom. The molecule has 224 valence electrons. The summed E-state index contributed by atoms with van der Waals surface area (Å²) in [6, 6.07) is 14.0. The lowest BCUT2D eigenvalue weighted by atomic mass is 9.67. The molecule has 8 nitrogen and oxygen atoms in total. The molecule has 2 aromatic rings. The number of likely N-dealkylation sites (N-methyl/N-ethyl adjacent to an activating group) is 1. The summed E-state index contributed by atoms with van der Waals surface area (Å²) >= 11 is 12.7. The van der Waals surface area contributed by atoms with Gasteiger partial charge in [0, 0.05) is 48.6 Å². The van der Waals surface area contributed by atoms with Crippen molar-refractivity contribution in [3.8, 4) is 0 Å². The number of sulfonamides is 1. The summed E-state index contributed by atoms with van der Waals surface area (Å²) in [5.74, 6) is -0.785. The van der Waals surface area contributed by atoms with Crippen LogP contribution in [0, 0.1) is 5.41 Å². The number of aliphatic hydroxyl groups excluding tert-OH is 1. The summed E-state index contributed by atoms with van der Waals surface area (Å²) in [5, 5.41) is 12.7. The lowest BCUT2D eigenvalue weighted by molar-refractivity contribution is -0.157. The van der Waals surface area contributed by atoms with Gasteiger partial charge in [0.05, 0.1) is 23.3 Å². The number of amides is 2. The Morgan fingerprint density at radius 1 is 1.15 bits per heavy atom. The predicted molar refractivity (Wildman–Crippen MR) is 161 cm³/mol. The standard InChI is InChI=1S/C30H39Cl2N3O5S/c1-4-24(19-34(3)41(39,40)25-12-13-25)35-28(20-8-10-22(31)11-9-20)26(21-6-5-7-23(32)16-21)17-30(2,29(35)38)18-27(37)33-14-15-36/h5-11,16,24-26,28,36H,4,12-15,17-19H2,1-3H3,(H,33,37)/t24-,26+,28+,30-/m0/s1. The van der Waals surface area contributed by atoms with Crippen molar-refractivity contribution in [2.75, 3.05) is 26.7 Å². The second-order valence-corrected chi connectivity index (χ2v) is 14.7. The third-order valence-electron chi connectivity index (χ3n) is 8.29. The largest absolute Gasteiger partial charge is 0.395 e. The van der Waals surface area contributed by atoms with Crippen LogP contribution < -0.4 is 5.32 Å². The molecule has 2 N–H and O–H groups in total. The van der Waals surface area contributed by atoms with Crippen LogP contribution >= 0.6 is 23.2 Å². The Balaban J connectivity index is 1.84. The van der Waals surface area contributed by atoms with Gasteiger partial charge in [-0.05, 0) is 61.1 Å². The molecule has 2 aliphatic rings. The number of aliphatic hydroxyl groups is 1. The summed E-state index contributed by atoms with van der Waals surface area (Å²) in [7, 11) is -1.89. The van der Waals surface area contributed by atoms with Gasteiger partial charge >= 0.3 is 0 Å². The van der Waals surface area contributed by atoms with E-state index in [1.165, 1.54) is 4.31 Å². The Labute approximate surface area is 253 Å². The Hall–Kier alpha value is -2.17. The maximum atomic E-state index is 14.6. The Bertz CT molecular complexity index is 1350. The van der Waals surface area contributed by atoms with Crippen molar-refractivity contribution in [2.24, 2.45) is 5.41 Å². The number of nitrogens with one attached hydrogen (secondary N) is 1. The monoisotopic (exact) mass is 623 g/mol. The van der Waals surface area contributed by atoms with E-state index in [1.807, 2.05) is 42.2 Å². The first-order valence-electron chi connectivity index (χ1n) is 14.1. The Kier molecular flexibility index (Phi) is 10.1. The molecule has 1 heterocycles. The fraction of sp³-hybridized carbons (Fsp3) is 0.533. The van der Waals surface area contributed by atoms with Crippen LogP contribution in [0.5, 0.6) is 0 Å². The van der Waals surface area contributed by atoms with E-state index in [0.29, 0.717) is 35.7 Å². The average molecular weight is 625 g/mol. The third kappa shape index (κ3) is 7.08. The number of nitrogens with zero attached hydrogens (tertiary/aromatic N) is 2. The second-order valence-electron chi connectivity index (χ2n) is 11.5. The first-order valence-corrected chi connectivity index (χ1v) is 16.3. The molecule has 41 heavy (non-hydrogen) atoms. The number of likely N-dealkylation sites (tertiary alicyclic amines) is 1. The van der Waals surface area contributed by atoms with Crippen molar-refractivity contribution in [1.29, 1.82) is 0 Å². The van der Waals surface area contributed by atoms with Crippen LogP contribution in [-0.2, 0) is 19.6 Å². The fourth-order valence-electron chi connectivity index (χ4n) is 5.99. The van der Waals surface area contributed by atoms with Gasteiger partial charge in [0.1, 0.15) is 0 Å². The molecule has 1 saturated heterocycles. The van der Waals surface area contributed by atoms with Crippen molar-refractivity contribution >= 4 is 45.0 Å². The van der Waals surface area contributed by atoms with E-state index in [9.17, 15) is 23.1 Å². The van der Waals surface area contributed by atoms with Gasteiger partial charge in [0.25, 0.3) is 0 Å². The molecule has 4 rings (SSSR count). The molecule has 11 heteroatoms. The molecule has 2 fully saturated rings. The number of carbonyl (C=O) groups excluding carboxylic acids is 2. The minimum atomic E-state index is -3.47. The molecule has 2 aromatic carbocycles. The number of rotatable bonds is 12. The number of piperidine rings is 1. The zero-order valence-electron chi connectivity index (χ0n) is 23.7. The van der Waals surface area contributed by atoms with Crippen molar-refractivity contribution in [3.05, 3.63) is 69.7 Å². The van der Waals surface area contributed by atoms with Crippen molar-refractivity contribution in [1.82, 2.24) is 14.5 Å². The SMILES string of the molecule is CC[C@@H](CN(C)S(=O)(=O)C1CC1)N1C(=O)[C@](C)(CC(=O)NCCO)C[C@H](c2cccc(Cl)c2)[C@H]1c1ccc(Cl)cc1. The van der Waals surface area contributed by atoms with E-state index in [4.69, 9.17) is 23.2 Å². The quantitative estimate of drug-likeness (QED) is 0.354. The smallest absolute Gasteiger partial charge is 0.229 e. The highest BCUT2D eigenvalue weighted by Gasteiger charge is 2.52. The number of hydrogen-bond acceptors (Lipinski definition) is 5. The average Bonchev–Trinajstić information content (AvgIpc) is 3.79. The second kappa shape index (κ2) is 13.0. The summed E-state index contributed by atoms with van der Waals surface area (Å²) < 4.78 is 27.6. The van der Waals surface area contributed by atoms with E-state index >= 15 is 0 Å². The highest BCUT2D eigenvalue weighted by molar-refractivity contribution is 7.90. The van der Waals surface area contributed by atoms with Gasteiger partial charge in [0.15, 0.2) is 0 Å². The summed E-state index contributed by atoms with van der Waals surface area (Å²) in [6.45, 7) is 3.78. The van der Waals surface area contributed by atoms with Gasteiger partial charge in [-0.15, -0.1) is 0 Å². The van der Waals surface area contributed by atoms with E-state index in [1.54, 1.807) is 32.2 Å². The molecular formula is C30H39Cl2N3O5S. The van der Waals surface area contributed by atoms with Crippen molar-refractivity contribution in [3.63, 3.8) is 0 Å². The third-order valence-corrected chi connectivity index (χ3v) is 11.1. The molecule has 4 atom stereocenters. The van der Waals surface area contributed by atoms with E-state index in [-0.39, 0.29) is 49.1 Å². The molecule has 0 spiro atoms. The van der Waals surface area contributed by atoms with Crippen LogP contribution in [0.3, 0.4) is 0 Å². The molecule has 1 aliphatic carbocycles. The summed E-state index contributed by atoms with van der Waals surface area (Å²) in [6.07, 6.45) is 2.11. The molecule has 2 amide bonds. The molecule has 1 aliphatic heterocycles. The van der Waals surface area contributed by atoms with Crippen LogP contribution in [-0.4, -0.2) is 72.6 Å². The maximum absolute atomic E-state index is 14.6. The van der Waals surface area contributed by atoms with Gasteiger partial charge in [-0.25, -0.2) is 12.7 Å². The zero-order chi connectivity index (χ0) is 29.9. The molecule has 0 unspecified atom stereocenters. The van der Waals surface area contributed by atoms with Crippen molar-refractivity contribution < 1.29 is 23.1 Å². The van der Waals surface area contributed by atoms with Crippen LogP contribution in [0.1, 0.15) is 69.0 Å². The van der Waals surface area contributed by atoms with Gasteiger partial charge in [-0.2, -0.15) is 0 Å². The van der Waals surface area contributed by atoms with Crippen LogP contribution in [0.2, 0.25) is 10.0 Å². The highest BCUT2D eigenvalue weighted by atomic mass is 35.5. The number of hydrogen-bond donors (Lipinski definition) is 2. The topological polar surface area (TPSA) is 107 Å². The number of halogens is 2. The van der Waals surface area contributed by atoms with E-state index in [0.717, 1.165) is 11.1 Å². The highest BCUT2D eigenvalue weighted by Crippen LogP contribution is 2.52. The minimum Gasteiger partial charge on any atom is -0.395 e. The molecule has 1 saturated carbocycles. The summed E-state index contributed by atoms with van der Waals surface area (Å²) in [4.78, 5) is 29.3. The predicted octanol–water partition coefficient (Wildman–Crippen LogP) is 4.76. The van der Waals surface area contributed by atoms with E-state index in [2.05, 4.69) is 5.32 Å². The Morgan fingerprint density at radius 3 is 2.41 bits per heavy atom. The van der Waals surface area contributed by atoms with Crippen molar-refractivity contribution in [2.45, 2.75) is 69.2 Å².